The number of likely N-dealkylation sites (N-methyl/N-ethyl adjacent to an activating group) is 1. The second-order valence-corrected chi connectivity index (χ2v) is 8.12. The number of benzene rings is 2. The number of para-hydroxylation sites is 1. The summed E-state index contributed by atoms with van der Waals surface area (Å²) in [6.07, 6.45) is 1.05. The lowest BCUT2D eigenvalue weighted by molar-refractivity contribution is 0.312. The van der Waals surface area contributed by atoms with Crippen LogP contribution in [0, 0.1) is 0 Å². The van der Waals surface area contributed by atoms with E-state index in [0.717, 1.165) is 55.6 Å². The van der Waals surface area contributed by atoms with E-state index in [0.29, 0.717) is 6.04 Å². The molecule has 2 aliphatic heterocycles. The average Bonchev–Trinajstić information content (AvgIpc) is 3.10. The monoisotopic (exact) mass is 385 g/mol. The van der Waals surface area contributed by atoms with Crippen molar-refractivity contribution in [2.24, 2.45) is 0 Å². The van der Waals surface area contributed by atoms with Crippen molar-refractivity contribution in [3.63, 3.8) is 0 Å². The Kier molecular flexibility index (Phi) is 4.68. The number of hydrogen-bond donors (Lipinski definition) is 0. The number of aromatic nitrogens is 2. The summed E-state index contributed by atoms with van der Waals surface area (Å²) < 4.78 is 0. The summed E-state index contributed by atoms with van der Waals surface area (Å²) in [6.45, 7) is 6.38. The van der Waals surface area contributed by atoms with Crippen molar-refractivity contribution in [3.05, 3.63) is 66.2 Å². The van der Waals surface area contributed by atoms with Crippen LogP contribution < -0.4 is 9.80 Å². The van der Waals surface area contributed by atoms with Crippen LogP contribution in [0.15, 0.2) is 60.7 Å². The normalized spacial score (nSPS) is 19.4. The molecule has 0 bridgehead atoms. The van der Waals surface area contributed by atoms with Crippen LogP contribution in [0.3, 0.4) is 0 Å². The summed E-state index contributed by atoms with van der Waals surface area (Å²) in [7, 11) is 2.18. The van der Waals surface area contributed by atoms with Crippen molar-refractivity contribution in [1.29, 1.82) is 0 Å². The molecule has 2 aromatic carbocycles. The van der Waals surface area contributed by atoms with E-state index in [1.54, 1.807) is 0 Å². The molecule has 1 saturated heterocycles. The number of rotatable bonds is 3. The fraction of sp³-hybridized carbons (Fsp3) is 0.333. The van der Waals surface area contributed by atoms with E-state index in [4.69, 9.17) is 9.97 Å². The van der Waals surface area contributed by atoms with Gasteiger partial charge in [0.2, 0.25) is 0 Å². The van der Waals surface area contributed by atoms with E-state index in [1.165, 1.54) is 11.3 Å². The van der Waals surface area contributed by atoms with Crippen molar-refractivity contribution < 1.29 is 0 Å². The van der Waals surface area contributed by atoms with Crippen LogP contribution in [0.4, 0.5) is 17.3 Å². The Morgan fingerprint density at radius 2 is 1.52 bits per heavy atom. The third kappa shape index (κ3) is 3.47. The van der Waals surface area contributed by atoms with E-state index in [2.05, 4.69) is 83.3 Å². The zero-order valence-electron chi connectivity index (χ0n) is 17.1. The van der Waals surface area contributed by atoms with Crippen LogP contribution >= 0.6 is 0 Å². The third-order valence-corrected chi connectivity index (χ3v) is 6.01. The Hall–Kier alpha value is -2.92. The van der Waals surface area contributed by atoms with Crippen LogP contribution in [0.25, 0.3) is 11.4 Å². The Bertz CT molecular complexity index is 995. The molecule has 5 rings (SSSR count). The quantitative estimate of drug-likeness (QED) is 0.682. The average molecular weight is 386 g/mol. The minimum absolute atomic E-state index is 0.381. The topological polar surface area (TPSA) is 35.5 Å². The van der Waals surface area contributed by atoms with Crippen molar-refractivity contribution in [1.82, 2.24) is 14.9 Å². The highest BCUT2D eigenvalue weighted by Gasteiger charge is 2.29. The van der Waals surface area contributed by atoms with Crippen LogP contribution in [-0.4, -0.2) is 54.1 Å². The molecule has 0 aliphatic carbocycles. The molecule has 5 nitrogen and oxygen atoms in total. The molecule has 0 radical (unpaired) electrons. The first-order valence-corrected chi connectivity index (χ1v) is 10.4. The van der Waals surface area contributed by atoms with Gasteiger partial charge in [-0.3, -0.25) is 0 Å². The maximum atomic E-state index is 5.02. The zero-order valence-corrected chi connectivity index (χ0v) is 17.1. The smallest absolute Gasteiger partial charge is 0.163 e. The second-order valence-electron chi connectivity index (χ2n) is 8.12. The molecule has 1 fully saturated rings. The standard InChI is InChI=1S/C24H27N5/c1-18-16-20-10-6-7-11-21(20)29(18)23-17-22(28-14-12-27(2)13-15-28)25-24(26-23)19-8-4-3-5-9-19/h3-11,17-18H,12-16H2,1-2H3. The first-order valence-electron chi connectivity index (χ1n) is 10.4. The van der Waals surface area contributed by atoms with Gasteiger partial charge in [-0.25, -0.2) is 9.97 Å². The lowest BCUT2D eigenvalue weighted by Crippen LogP contribution is -2.45. The van der Waals surface area contributed by atoms with Crippen molar-refractivity contribution in [2.45, 2.75) is 19.4 Å². The van der Waals surface area contributed by atoms with E-state index >= 15 is 0 Å². The van der Waals surface area contributed by atoms with Crippen molar-refractivity contribution >= 4 is 17.3 Å². The van der Waals surface area contributed by atoms with Gasteiger partial charge in [0.05, 0.1) is 0 Å². The van der Waals surface area contributed by atoms with E-state index in [9.17, 15) is 0 Å². The van der Waals surface area contributed by atoms with Crippen LogP contribution in [0.2, 0.25) is 0 Å². The van der Waals surface area contributed by atoms with E-state index in [-0.39, 0.29) is 0 Å². The van der Waals surface area contributed by atoms with Crippen LogP contribution in [-0.2, 0) is 6.42 Å². The zero-order chi connectivity index (χ0) is 19.8. The molecule has 0 spiro atoms. The van der Waals surface area contributed by atoms with Crippen molar-refractivity contribution in [3.8, 4) is 11.4 Å². The van der Waals surface area contributed by atoms with Crippen molar-refractivity contribution in [2.75, 3.05) is 43.0 Å². The minimum Gasteiger partial charge on any atom is -0.354 e. The molecule has 1 unspecified atom stereocenters. The molecule has 148 valence electrons. The summed E-state index contributed by atoms with van der Waals surface area (Å²) in [4.78, 5) is 17.1. The van der Waals surface area contributed by atoms with Crippen LogP contribution in [0.1, 0.15) is 12.5 Å². The maximum Gasteiger partial charge on any atom is 0.163 e. The minimum atomic E-state index is 0.381. The van der Waals surface area contributed by atoms with Gasteiger partial charge in [-0.2, -0.15) is 0 Å². The van der Waals surface area contributed by atoms with Gasteiger partial charge in [-0.15, -0.1) is 0 Å². The molecule has 0 saturated carbocycles. The molecule has 0 amide bonds. The summed E-state index contributed by atoms with van der Waals surface area (Å²) in [5.74, 6) is 2.82. The van der Waals surface area contributed by atoms with E-state index < -0.39 is 0 Å². The SMILES string of the molecule is CC1Cc2ccccc2N1c1cc(N2CCN(C)CC2)nc(-c2ccccc2)n1. The van der Waals surface area contributed by atoms with Gasteiger partial charge in [-0.05, 0) is 32.0 Å². The summed E-state index contributed by atoms with van der Waals surface area (Å²) >= 11 is 0. The Morgan fingerprint density at radius 3 is 2.31 bits per heavy atom. The number of anilines is 3. The summed E-state index contributed by atoms with van der Waals surface area (Å²) in [6, 6.07) is 21.6. The van der Waals surface area contributed by atoms with Gasteiger partial charge in [0.1, 0.15) is 11.6 Å². The third-order valence-electron chi connectivity index (χ3n) is 6.01. The fourth-order valence-electron chi connectivity index (χ4n) is 4.37. The van der Waals surface area contributed by atoms with Gasteiger partial charge < -0.3 is 14.7 Å². The van der Waals surface area contributed by atoms with Crippen LogP contribution in [0.5, 0.6) is 0 Å². The second kappa shape index (κ2) is 7.48. The highest BCUT2D eigenvalue weighted by Crippen LogP contribution is 2.38. The summed E-state index contributed by atoms with van der Waals surface area (Å²) in [5.41, 5.74) is 3.72. The number of fused-ring (bicyclic) bond motifs is 1. The number of hydrogen-bond acceptors (Lipinski definition) is 5. The fourth-order valence-corrected chi connectivity index (χ4v) is 4.37. The Labute approximate surface area is 172 Å². The molecule has 29 heavy (non-hydrogen) atoms. The Morgan fingerprint density at radius 1 is 0.828 bits per heavy atom. The Balaban J connectivity index is 1.60. The molecule has 1 atom stereocenters. The lowest BCUT2D eigenvalue weighted by Gasteiger charge is -2.34. The van der Waals surface area contributed by atoms with Gasteiger partial charge in [0.15, 0.2) is 5.82 Å². The first-order chi connectivity index (χ1) is 14.2. The largest absolute Gasteiger partial charge is 0.354 e. The molecule has 1 aromatic heterocycles. The highest BCUT2D eigenvalue weighted by molar-refractivity contribution is 5.72. The van der Waals surface area contributed by atoms with Gasteiger partial charge in [0, 0.05) is 49.5 Å². The first kappa shape index (κ1) is 18.1. The predicted octanol–water partition coefficient (Wildman–Crippen LogP) is 3.98. The summed E-state index contributed by atoms with van der Waals surface area (Å²) in [5, 5.41) is 0. The molecule has 5 heteroatoms. The molecule has 3 aromatic rings. The number of nitrogens with zero attached hydrogens (tertiary/aromatic N) is 5. The predicted molar refractivity (Wildman–Crippen MR) is 119 cm³/mol. The number of piperazine rings is 1. The van der Waals surface area contributed by atoms with Gasteiger partial charge >= 0.3 is 0 Å². The highest BCUT2D eigenvalue weighted by atomic mass is 15.3. The van der Waals surface area contributed by atoms with Gasteiger partial charge in [0.25, 0.3) is 0 Å². The lowest BCUT2D eigenvalue weighted by atomic mass is 10.1. The molecule has 3 heterocycles. The molecular formula is C24H27N5. The molecular weight excluding hydrogens is 358 g/mol. The molecule has 0 N–H and O–H groups in total. The van der Waals surface area contributed by atoms with E-state index in [1.807, 2.05) is 6.07 Å². The maximum absolute atomic E-state index is 5.02. The van der Waals surface area contributed by atoms with Gasteiger partial charge in [-0.1, -0.05) is 48.5 Å². The molecule has 2 aliphatic rings.